The largest absolute Gasteiger partial charge is 0.313 e. The Morgan fingerprint density at radius 2 is 1.03 bits per heavy atom. The van der Waals surface area contributed by atoms with Crippen LogP contribution in [-0.2, 0) is 22.8 Å². The lowest BCUT2D eigenvalue weighted by molar-refractivity contribution is 0.509. The summed E-state index contributed by atoms with van der Waals surface area (Å²) in [5.41, 5.74) is 23.9. The second kappa shape index (κ2) is 18.8. The molecule has 410 valence electrons. The summed E-state index contributed by atoms with van der Waals surface area (Å²) in [7, 11) is 0. The Labute approximate surface area is 500 Å². The standard InChI is InChI=1S/C79H59N7/c1-77(2)63-37-20-17-34-57(63)60-44-61-58-35-18-21-38-69(58)85(71(61)46-65(60)77)75-80-66(50-24-9-5-10-25-50)47-67(81-75)54-29-23-28-52(42-54)53-40-41-64-72(43-53)84(56-32-15-8-16-33-56)74-45-62-59-36-19-22-39-70(59)86(73(62)49-78(64,74)3)76-82-68(51-26-11-6-12-27-51)48-79(4,83-76)55-30-13-7-14-31-55/h5-47H,48-49H2,1-4H3. The zero-order valence-corrected chi connectivity index (χ0v) is 48.4. The van der Waals surface area contributed by atoms with Crippen LogP contribution in [0.4, 0.5) is 11.4 Å². The van der Waals surface area contributed by atoms with E-state index in [1.807, 2.05) is 0 Å². The number of hydrogen-bond acceptors (Lipinski definition) is 5. The number of anilines is 2. The van der Waals surface area contributed by atoms with Crippen LogP contribution in [0.1, 0.15) is 73.2 Å². The predicted octanol–water partition coefficient (Wildman–Crippen LogP) is 18.9. The summed E-state index contributed by atoms with van der Waals surface area (Å²) in [5.74, 6) is 1.35. The number of fused-ring (bicyclic) bond motifs is 12. The third-order valence-corrected chi connectivity index (χ3v) is 19.1. The maximum absolute atomic E-state index is 5.69. The van der Waals surface area contributed by atoms with Gasteiger partial charge in [-0.2, -0.15) is 0 Å². The van der Waals surface area contributed by atoms with E-state index in [1.165, 1.54) is 72.2 Å². The summed E-state index contributed by atoms with van der Waals surface area (Å²) in [6, 6.07) is 92.2. The summed E-state index contributed by atoms with van der Waals surface area (Å²) in [5, 5.41) is 3.55. The second-order valence-corrected chi connectivity index (χ2v) is 24.6. The Bertz CT molecular complexity index is 5050. The van der Waals surface area contributed by atoms with Gasteiger partial charge in [0.1, 0.15) is 0 Å². The van der Waals surface area contributed by atoms with Crippen molar-refractivity contribution in [2.24, 2.45) is 9.98 Å². The van der Waals surface area contributed by atoms with E-state index in [0.29, 0.717) is 18.3 Å². The highest BCUT2D eigenvalue weighted by Crippen LogP contribution is 2.58. The van der Waals surface area contributed by atoms with E-state index in [9.17, 15) is 0 Å². The van der Waals surface area contributed by atoms with Crippen LogP contribution in [0.15, 0.2) is 270 Å². The van der Waals surface area contributed by atoms with Crippen molar-refractivity contribution in [3.8, 4) is 50.7 Å². The minimum Gasteiger partial charge on any atom is -0.313 e. The molecule has 2 aliphatic heterocycles. The molecule has 3 aromatic heterocycles. The van der Waals surface area contributed by atoms with E-state index in [4.69, 9.17) is 20.0 Å². The van der Waals surface area contributed by atoms with Crippen molar-refractivity contribution in [1.29, 1.82) is 0 Å². The smallest absolute Gasteiger partial charge is 0.235 e. The molecule has 0 saturated heterocycles. The predicted molar refractivity (Wildman–Crippen MR) is 354 cm³/mol. The van der Waals surface area contributed by atoms with Crippen LogP contribution < -0.4 is 4.90 Å². The molecule has 0 amide bonds. The highest BCUT2D eigenvalue weighted by Gasteiger charge is 2.49. The fourth-order valence-corrected chi connectivity index (χ4v) is 14.8. The molecule has 2 aliphatic carbocycles. The van der Waals surface area contributed by atoms with Crippen LogP contribution in [0.5, 0.6) is 0 Å². The van der Waals surface area contributed by atoms with Crippen LogP contribution in [-0.4, -0.2) is 30.8 Å². The minimum atomic E-state index is -0.544. The zero-order valence-electron chi connectivity index (χ0n) is 48.4. The number of nitrogens with zero attached hydrogens (tertiary/aromatic N) is 7. The quantitative estimate of drug-likeness (QED) is 0.160. The molecule has 7 nitrogen and oxygen atoms in total. The van der Waals surface area contributed by atoms with Gasteiger partial charge in [0.15, 0.2) is 0 Å². The molecule has 10 aromatic carbocycles. The van der Waals surface area contributed by atoms with Crippen molar-refractivity contribution in [2.75, 3.05) is 4.90 Å². The van der Waals surface area contributed by atoms with E-state index in [-0.39, 0.29) is 5.41 Å². The second-order valence-electron chi connectivity index (χ2n) is 24.6. The average Bonchev–Trinajstić information content (AvgIpc) is 1.58. The third kappa shape index (κ3) is 7.53. The van der Waals surface area contributed by atoms with Gasteiger partial charge in [0.25, 0.3) is 0 Å². The number of hydrogen-bond donors (Lipinski definition) is 0. The summed E-state index contributed by atoms with van der Waals surface area (Å²) in [6.45, 7) is 9.39. The first-order valence-electron chi connectivity index (χ1n) is 30.0. The Morgan fingerprint density at radius 3 is 1.80 bits per heavy atom. The first-order chi connectivity index (χ1) is 42.1. The van der Waals surface area contributed by atoms with E-state index in [1.54, 1.807) is 0 Å². The van der Waals surface area contributed by atoms with Crippen LogP contribution >= 0.6 is 0 Å². The van der Waals surface area contributed by atoms with Gasteiger partial charge in [-0.3, -0.25) is 9.13 Å². The molecule has 0 spiro atoms. The summed E-state index contributed by atoms with van der Waals surface area (Å²) < 4.78 is 4.67. The summed E-state index contributed by atoms with van der Waals surface area (Å²) in [4.78, 5) is 24.8. The highest BCUT2D eigenvalue weighted by atomic mass is 15.2. The Hall–Kier alpha value is -10.5. The van der Waals surface area contributed by atoms with Gasteiger partial charge in [-0.15, -0.1) is 0 Å². The molecule has 0 N–H and O–H groups in total. The number of aromatic nitrogens is 4. The van der Waals surface area contributed by atoms with Gasteiger partial charge < -0.3 is 4.90 Å². The van der Waals surface area contributed by atoms with Crippen LogP contribution in [0.3, 0.4) is 0 Å². The number of benzene rings is 10. The first kappa shape index (κ1) is 50.1. The molecule has 0 radical (unpaired) electrons. The molecule has 17 rings (SSSR count). The number of allylic oxidation sites excluding steroid dienone is 1. The molecular formula is C79H59N7. The molecule has 86 heavy (non-hydrogen) atoms. The average molecular weight is 1110 g/mol. The van der Waals surface area contributed by atoms with Gasteiger partial charge in [0.2, 0.25) is 11.9 Å². The van der Waals surface area contributed by atoms with Gasteiger partial charge in [0, 0.05) is 73.6 Å². The Kier molecular flexibility index (Phi) is 10.9. The number of aliphatic imine (C=N–C) groups is 2. The monoisotopic (exact) mass is 1110 g/mol. The van der Waals surface area contributed by atoms with E-state index >= 15 is 0 Å². The fraction of sp³-hybridized carbons (Fsp3) is 0.114. The molecule has 0 fully saturated rings. The van der Waals surface area contributed by atoms with Crippen LogP contribution in [0, 0.1) is 0 Å². The van der Waals surface area contributed by atoms with Gasteiger partial charge in [-0.1, -0.05) is 214 Å². The summed E-state index contributed by atoms with van der Waals surface area (Å²) in [6.07, 6.45) is 3.89. The molecule has 13 aromatic rings. The minimum absolute atomic E-state index is 0.174. The van der Waals surface area contributed by atoms with Crippen LogP contribution in [0.25, 0.3) is 89.5 Å². The molecule has 7 heteroatoms. The maximum Gasteiger partial charge on any atom is 0.235 e. The van der Waals surface area contributed by atoms with Gasteiger partial charge in [0.05, 0.1) is 44.9 Å². The van der Waals surface area contributed by atoms with Crippen molar-refractivity contribution in [3.63, 3.8) is 0 Å². The van der Waals surface area contributed by atoms with Crippen molar-refractivity contribution in [1.82, 2.24) is 19.1 Å². The van der Waals surface area contributed by atoms with Crippen LogP contribution in [0.2, 0.25) is 0 Å². The van der Waals surface area contributed by atoms with Crippen molar-refractivity contribution < 1.29 is 0 Å². The molecular weight excluding hydrogens is 1050 g/mol. The lowest BCUT2D eigenvalue weighted by Crippen LogP contribution is -2.35. The molecule has 5 heterocycles. The van der Waals surface area contributed by atoms with E-state index in [2.05, 4.69) is 303 Å². The third-order valence-electron chi connectivity index (χ3n) is 19.1. The lowest BCUT2D eigenvalue weighted by Gasteiger charge is -2.35. The van der Waals surface area contributed by atoms with Gasteiger partial charge in [-0.25, -0.2) is 20.0 Å². The van der Waals surface area contributed by atoms with E-state index < -0.39 is 11.0 Å². The number of rotatable bonds is 7. The fourth-order valence-electron chi connectivity index (χ4n) is 14.8. The molecule has 0 saturated carbocycles. The van der Waals surface area contributed by atoms with Crippen molar-refractivity contribution in [3.05, 3.63) is 300 Å². The zero-order chi connectivity index (χ0) is 57.5. The molecule has 2 atom stereocenters. The van der Waals surface area contributed by atoms with Crippen molar-refractivity contribution in [2.45, 2.75) is 56.9 Å². The maximum atomic E-state index is 5.69. The van der Waals surface area contributed by atoms with Crippen molar-refractivity contribution >= 4 is 61.8 Å². The number of para-hydroxylation sites is 3. The van der Waals surface area contributed by atoms with Gasteiger partial charge >= 0.3 is 0 Å². The Balaban J connectivity index is 0.804. The molecule has 0 bridgehead atoms. The van der Waals surface area contributed by atoms with Gasteiger partial charge in [-0.05, 0) is 125 Å². The molecule has 4 aliphatic rings. The lowest BCUT2D eigenvalue weighted by atomic mass is 9.73. The van der Waals surface area contributed by atoms with E-state index in [0.717, 1.165) is 73.6 Å². The normalized spacial score (nSPS) is 18.0. The topological polar surface area (TPSA) is 63.6 Å². The highest BCUT2D eigenvalue weighted by molar-refractivity contribution is 6.13. The first-order valence-corrected chi connectivity index (χ1v) is 30.0. The summed E-state index contributed by atoms with van der Waals surface area (Å²) >= 11 is 0. The molecule has 2 unspecified atom stereocenters. The SMILES string of the molecule is CC1(c2ccccc2)CC(c2ccccc2)=NC(n2c3c(c4ccccc42)C=C2N(c4ccccc4)c4cc(-c5cccc(-c6cc(-c7ccccc7)nc(-n7c8ccccc8c8cc9c(cc87)C(C)(C)c7ccccc7-9)n6)c5)ccc4C2(C)C3)=N1. The Morgan fingerprint density at radius 1 is 0.419 bits per heavy atom.